The van der Waals surface area contributed by atoms with Crippen LogP contribution in [-0.4, -0.2) is 9.13 Å². The molecule has 1 saturated carbocycles. The van der Waals surface area contributed by atoms with Gasteiger partial charge in [-0.2, -0.15) is 0 Å². The maximum Gasteiger partial charge on any atom is 0.0497 e. The maximum absolute atomic E-state index is 2.54. The molecule has 260 valence electrons. The van der Waals surface area contributed by atoms with Gasteiger partial charge in [0.15, 0.2) is 0 Å². The summed E-state index contributed by atoms with van der Waals surface area (Å²) >= 11 is 0. The highest BCUT2D eigenvalue weighted by atomic mass is 15.0. The molecule has 0 spiro atoms. The molecule has 2 nitrogen and oxygen atoms in total. The van der Waals surface area contributed by atoms with E-state index in [0.29, 0.717) is 0 Å². The zero-order chi connectivity index (χ0) is 35.7. The van der Waals surface area contributed by atoms with Gasteiger partial charge in [0, 0.05) is 62.1 Å². The Kier molecular flexibility index (Phi) is 7.92. The van der Waals surface area contributed by atoms with Crippen molar-refractivity contribution in [1.29, 1.82) is 0 Å². The van der Waals surface area contributed by atoms with Crippen LogP contribution in [0.2, 0.25) is 0 Å². The molecule has 1 aliphatic carbocycles. The number of para-hydroxylation sites is 2. The number of fused-ring (bicyclic) bond motifs is 6. The van der Waals surface area contributed by atoms with Gasteiger partial charge in [-0.25, -0.2) is 0 Å². The van der Waals surface area contributed by atoms with E-state index in [1.54, 1.807) is 0 Å². The highest BCUT2D eigenvalue weighted by Crippen LogP contribution is 2.48. The number of rotatable bonds is 6. The minimum absolute atomic E-state index is 0.0253. The van der Waals surface area contributed by atoms with Crippen LogP contribution in [0.4, 0.5) is 0 Å². The predicted molar refractivity (Wildman–Crippen MR) is 224 cm³/mol. The molecule has 0 atom stereocenters. The topological polar surface area (TPSA) is 9.86 Å². The zero-order valence-corrected chi connectivity index (χ0v) is 31.7. The van der Waals surface area contributed by atoms with E-state index >= 15 is 0 Å². The fourth-order valence-electron chi connectivity index (χ4n) is 10.4. The van der Waals surface area contributed by atoms with Crippen LogP contribution >= 0.6 is 0 Å². The van der Waals surface area contributed by atoms with E-state index in [4.69, 9.17) is 0 Å². The quantitative estimate of drug-likeness (QED) is 0.166. The number of aromatic nitrogens is 2. The lowest BCUT2D eigenvalue weighted by molar-refractivity contribution is 0.345. The number of aryl methyl sites for hydroxylation is 6. The van der Waals surface area contributed by atoms with E-state index < -0.39 is 0 Å². The van der Waals surface area contributed by atoms with E-state index in [1.807, 2.05) is 0 Å². The summed E-state index contributed by atoms with van der Waals surface area (Å²) in [5, 5.41) is 5.37. The summed E-state index contributed by atoms with van der Waals surface area (Å²) in [5.41, 5.74) is 19.2. The van der Waals surface area contributed by atoms with Crippen LogP contribution in [0.3, 0.4) is 0 Å². The Hall–Kier alpha value is -5.08. The molecule has 52 heavy (non-hydrogen) atoms. The largest absolute Gasteiger partial charge is 0.341 e. The van der Waals surface area contributed by atoms with Crippen molar-refractivity contribution in [1.82, 2.24) is 9.13 Å². The smallest absolute Gasteiger partial charge is 0.0497 e. The first-order valence-corrected chi connectivity index (χ1v) is 19.6. The first-order valence-electron chi connectivity index (χ1n) is 19.6. The molecule has 1 aliphatic rings. The molecule has 8 aromatic rings. The highest BCUT2D eigenvalue weighted by molar-refractivity contribution is 6.10. The van der Waals surface area contributed by atoms with E-state index in [9.17, 15) is 0 Å². The van der Waals surface area contributed by atoms with Crippen molar-refractivity contribution in [2.75, 3.05) is 0 Å². The van der Waals surface area contributed by atoms with E-state index in [0.717, 1.165) is 13.1 Å². The molecule has 1 fully saturated rings. The molecule has 0 radical (unpaired) electrons. The van der Waals surface area contributed by atoms with E-state index in [-0.39, 0.29) is 5.41 Å². The van der Waals surface area contributed by atoms with E-state index in [1.165, 1.54) is 131 Å². The van der Waals surface area contributed by atoms with Gasteiger partial charge in [-0.3, -0.25) is 0 Å². The summed E-state index contributed by atoms with van der Waals surface area (Å²) in [6.45, 7) is 15.8. The van der Waals surface area contributed by atoms with Gasteiger partial charge < -0.3 is 9.13 Å². The van der Waals surface area contributed by atoms with Gasteiger partial charge in [0.05, 0.1) is 0 Å². The third-order valence-corrected chi connectivity index (χ3v) is 12.6. The fourth-order valence-corrected chi connectivity index (χ4v) is 10.4. The van der Waals surface area contributed by atoms with Gasteiger partial charge in [-0.05, 0) is 134 Å². The molecular weight excluding hydrogens is 629 g/mol. The molecule has 0 aliphatic heterocycles. The summed E-state index contributed by atoms with van der Waals surface area (Å²) in [4.78, 5) is 0. The van der Waals surface area contributed by atoms with Crippen LogP contribution < -0.4 is 0 Å². The van der Waals surface area contributed by atoms with Gasteiger partial charge in [-0.15, -0.1) is 0 Å². The molecule has 9 rings (SSSR count). The van der Waals surface area contributed by atoms with Crippen LogP contribution in [0.15, 0.2) is 109 Å². The number of hydrogen-bond donors (Lipinski definition) is 0. The summed E-state index contributed by atoms with van der Waals surface area (Å²) < 4.78 is 4.94. The second kappa shape index (κ2) is 12.6. The first-order chi connectivity index (χ1) is 25.3. The third-order valence-electron chi connectivity index (χ3n) is 12.6. The van der Waals surface area contributed by atoms with Gasteiger partial charge in [-0.1, -0.05) is 104 Å². The van der Waals surface area contributed by atoms with Crippen LogP contribution in [0.1, 0.15) is 79.3 Å². The van der Waals surface area contributed by atoms with Gasteiger partial charge in [0.1, 0.15) is 0 Å². The van der Waals surface area contributed by atoms with Gasteiger partial charge >= 0.3 is 0 Å². The first kappa shape index (κ1) is 32.8. The summed E-state index contributed by atoms with van der Waals surface area (Å²) in [6, 6.07) is 42.1. The Morgan fingerprint density at radius 1 is 0.442 bits per heavy atom. The molecule has 0 N–H and O–H groups in total. The Bertz CT molecular complexity index is 2450. The molecule has 0 saturated heterocycles. The minimum Gasteiger partial charge on any atom is -0.341 e. The van der Waals surface area contributed by atoms with Crippen molar-refractivity contribution in [3.63, 3.8) is 0 Å². The van der Waals surface area contributed by atoms with E-state index in [2.05, 4.69) is 160 Å². The van der Waals surface area contributed by atoms with Crippen molar-refractivity contribution in [3.8, 4) is 22.3 Å². The summed E-state index contributed by atoms with van der Waals surface area (Å²) in [5.74, 6) is 0. The van der Waals surface area contributed by atoms with Crippen molar-refractivity contribution in [2.45, 2.75) is 92.2 Å². The lowest BCUT2D eigenvalue weighted by Gasteiger charge is -2.40. The summed E-state index contributed by atoms with van der Waals surface area (Å²) in [6.07, 6.45) is 6.28. The van der Waals surface area contributed by atoms with Gasteiger partial charge in [0.2, 0.25) is 0 Å². The second-order valence-electron chi connectivity index (χ2n) is 15.6. The number of nitrogens with zero attached hydrogens (tertiary/aromatic N) is 2. The van der Waals surface area contributed by atoms with Crippen molar-refractivity contribution in [3.05, 3.63) is 143 Å². The molecule has 2 aromatic heterocycles. The molecule has 2 heteroatoms. The lowest BCUT2D eigenvalue weighted by Crippen LogP contribution is -2.31. The predicted octanol–water partition coefficient (Wildman–Crippen LogP) is 13.8. The average molecular weight is 679 g/mol. The number of benzene rings is 6. The lowest BCUT2D eigenvalue weighted by atomic mass is 9.64. The molecular formula is C50H50N2. The monoisotopic (exact) mass is 678 g/mol. The SMILES string of the molecule is CCn1c2ccccc2c2ccc(-c3c(C)cc(C4(c5cc(C)c(-c6ccc7c8ccccc8n(CC)c7c6)c(C)c5)CCCCC4)cc3C)cc21. The highest BCUT2D eigenvalue weighted by Gasteiger charge is 2.37. The molecule has 0 bridgehead atoms. The maximum atomic E-state index is 2.54. The number of hydrogen-bond acceptors (Lipinski definition) is 0. The molecule has 0 amide bonds. The van der Waals surface area contributed by atoms with Crippen molar-refractivity contribution < 1.29 is 0 Å². The third kappa shape index (κ3) is 4.90. The van der Waals surface area contributed by atoms with Crippen molar-refractivity contribution >= 4 is 43.6 Å². The Morgan fingerprint density at radius 3 is 1.23 bits per heavy atom. The Labute approximate surface area is 308 Å². The van der Waals surface area contributed by atoms with Crippen LogP contribution in [0.5, 0.6) is 0 Å². The Morgan fingerprint density at radius 2 is 0.827 bits per heavy atom. The van der Waals surface area contributed by atoms with Crippen LogP contribution in [-0.2, 0) is 18.5 Å². The molecule has 0 unspecified atom stereocenters. The van der Waals surface area contributed by atoms with Gasteiger partial charge in [0.25, 0.3) is 0 Å². The average Bonchev–Trinajstić information content (AvgIpc) is 3.65. The standard InChI is InChI=1S/C50H50N2/c1-7-51-44-18-12-10-16-40(44)42-22-20-36(30-46(42)51)48-32(3)26-38(27-33(48)4)50(24-14-9-15-25-50)39-28-34(5)49(35(6)29-39)37-21-23-43-41-17-11-13-19-45(41)52(8-2)47(43)31-37/h10-13,16-23,26-31H,7-9,14-15,24-25H2,1-6H3. The van der Waals surface area contributed by atoms with Crippen LogP contribution in [0.25, 0.3) is 65.9 Å². The van der Waals surface area contributed by atoms with Crippen molar-refractivity contribution in [2.24, 2.45) is 0 Å². The minimum atomic E-state index is 0.0253. The zero-order valence-electron chi connectivity index (χ0n) is 31.7. The second-order valence-corrected chi connectivity index (χ2v) is 15.6. The normalized spacial score (nSPS) is 14.7. The molecule has 2 heterocycles. The molecule has 6 aromatic carbocycles. The van der Waals surface area contributed by atoms with Crippen LogP contribution in [0, 0.1) is 27.7 Å². The summed E-state index contributed by atoms with van der Waals surface area (Å²) in [7, 11) is 0. The fraction of sp³-hybridized carbons (Fsp3) is 0.280. The Balaban J connectivity index is 1.14.